The van der Waals surface area contributed by atoms with Crippen LogP contribution < -0.4 is 10.1 Å². The number of carbonyl (C=O) groups excluding carboxylic acids is 1. The molecule has 0 saturated carbocycles. The molecule has 0 aliphatic rings. The number of amides is 1. The summed E-state index contributed by atoms with van der Waals surface area (Å²) in [5.74, 6) is 1.65. The first kappa shape index (κ1) is 21.0. The van der Waals surface area contributed by atoms with E-state index in [1.54, 1.807) is 0 Å². The Hall–Kier alpha value is -2.74. The van der Waals surface area contributed by atoms with Crippen molar-refractivity contribution in [1.82, 2.24) is 20.4 Å². The Labute approximate surface area is 174 Å². The molecular weight excluding hydrogens is 388 g/mol. The van der Waals surface area contributed by atoms with Gasteiger partial charge in [0.1, 0.15) is 15.6 Å². The van der Waals surface area contributed by atoms with Gasteiger partial charge in [0.25, 0.3) is 5.91 Å². The van der Waals surface area contributed by atoms with Crippen molar-refractivity contribution in [3.63, 3.8) is 0 Å². The second-order valence-corrected chi connectivity index (χ2v) is 8.23. The molecule has 2 aromatic heterocycles. The number of carbonyl (C=O) groups is 1. The van der Waals surface area contributed by atoms with Crippen LogP contribution in [-0.4, -0.2) is 27.6 Å². The third-order valence-electron chi connectivity index (χ3n) is 4.33. The minimum Gasteiger partial charge on any atom is -0.494 e. The van der Waals surface area contributed by atoms with Crippen LogP contribution in [-0.2, 0) is 12.0 Å². The molecule has 1 amide bonds. The van der Waals surface area contributed by atoms with E-state index in [-0.39, 0.29) is 5.91 Å². The van der Waals surface area contributed by atoms with E-state index in [2.05, 4.69) is 20.4 Å². The Kier molecular flexibility index (Phi) is 6.32. The number of ether oxygens (including phenoxy) is 1. The van der Waals surface area contributed by atoms with Crippen LogP contribution in [0.15, 0.2) is 28.8 Å². The first-order valence-corrected chi connectivity index (χ1v) is 10.5. The Morgan fingerprint density at radius 3 is 2.59 bits per heavy atom. The summed E-state index contributed by atoms with van der Waals surface area (Å²) in [6.07, 6.45) is 1.64. The van der Waals surface area contributed by atoms with Gasteiger partial charge in [-0.15, -0.1) is 11.3 Å². The van der Waals surface area contributed by atoms with Crippen LogP contribution in [0.3, 0.4) is 0 Å². The third-order valence-corrected chi connectivity index (χ3v) is 5.54. The van der Waals surface area contributed by atoms with E-state index in [1.165, 1.54) is 11.3 Å². The van der Waals surface area contributed by atoms with Crippen molar-refractivity contribution in [2.24, 2.45) is 0 Å². The van der Waals surface area contributed by atoms with Crippen molar-refractivity contribution in [1.29, 1.82) is 0 Å². The second-order valence-electron chi connectivity index (χ2n) is 7.23. The van der Waals surface area contributed by atoms with Crippen LogP contribution in [0, 0.1) is 6.92 Å². The molecule has 3 aromatic rings. The summed E-state index contributed by atoms with van der Waals surface area (Å²) in [5, 5.41) is 7.82. The van der Waals surface area contributed by atoms with Gasteiger partial charge in [0.15, 0.2) is 5.82 Å². The Bertz CT molecular complexity index is 976. The van der Waals surface area contributed by atoms with E-state index in [9.17, 15) is 4.79 Å². The summed E-state index contributed by atoms with van der Waals surface area (Å²) in [6, 6.07) is 7.71. The van der Waals surface area contributed by atoms with E-state index in [0.29, 0.717) is 28.9 Å². The number of benzene rings is 1. The maximum absolute atomic E-state index is 12.9. The number of nitrogens with zero attached hydrogens (tertiary/aromatic N) is 3. The Morgan fingerprint density at radius 1 is 1.21 bits per heavy atom. The van der Waals surface area contributed by atoms with Gasteiger partial charge >= 0.3 is 0 Å². The number of aromatic nitrogens is 3. The van der Waals surface area contributed by atoms with Crippen LogP contribution in [0.4, 0.5) is 0 Å². The van der Waals surface area contributed by atoms with E-state index < -0.39 is 5.54 Å². The predicted molar refractivity (Wildman–Crippen MR) is 112 cm³/mol. The zero-order valence-electron chi connectivity index (χ0n) is 17.4. The minimum atomic E-state index is -0.762. The number of hydrogen-bond acceptors (Lipinski definition) is 7. The molecule has 7 nitrogen and oxygen atoms in total. The molecule has 0 saturated heterocycles. The lowest BCUT2D eigenvalue weighted by atomic mass is 10.0. The highest BCUT2D eigenvalue weighted by molar-refractivity contribution is 7.17. The zero-order chi connectivity index (χ0) is 21.0. The summed E-state index contributed by atoms with van der Waals surface area (Å²) in [4.78, 5) is 22.5. The lowest BCUT2D eigenvalue weighted by Gasteiger charge is -2.21. The van der Waals surface area contributed by atoms with Gasteiger partial charge in [-0.05, 0) is 58.4 Å². The van der Waals surface area contributed by atoms with Crippen molar-refractivity contribution in [2.75, 3.05) is 6.61 Å². The predicted octanol–water partition coefficient (Wildman–Crippen LogP) is 4.52. The average molecular weight is 415 g/mol. The van der Waals surface area contributed by atoms with Gasteiger partial charge in [-0.25, -0.2) is 4.98 Å². The highest BCUT2D eigenvalue weighted by atomic mass is 32.1. The average Bonchev–Trinajstić information content (AvgIpc) is 3.30. The molecule has 0 aliphatic heterocycles. The molecule has 0 spiro atoms. The molecule has 1 aromatic carbocycles. The van der Waals surface area contributed by atoms with Gasteiger partial charge in [0, 0.05) is 12.0 Å². The highest BCUT2D eigenvalue weighted by Crippen LogP contribution is 2.30. The van der Waals surface area contributed by atoms with Gasteiger partial charge in [0.05, 0.1) is 17.8 Å². The number of rotatable bonds is 8. The molecule has 0 unspecified atom stereocenters. The summed E-state index contributed by atoms with van der Waals surface area (Å²) < 4.78 is 10.7. The van der Waals surface area contributed by atoms with Crippen molar-refractivity contribution < 1.29 is 14.1 Å². The van der Waals surface area contributed by atoms with E-state index in [0.717, 1.165) is 29.2 Å². The summed E-state index contributed by atoms with van der Waals surface area (Å²) >= 11 is 1.36. The first-order valence-electron chi connectivity index (χ1n) is 9.70. The minimum absolute atomic E-state index is 0.205. The maximum atomic E-state index is 12.9. The van der Waals surface area contributed by atoms with Crippen molar-refractivity contribution in [3.8, 4) is 16.3 Å². The van der Waals surface area contributed by atoms with Gasteiger partial charge in [-0.3, -0.25) is 4.79 Å². The normalized spacial score (nSPS) is 11.5. The van der Waals surface area contributed by atoms with Gasteiger partial charge in [-0.2, -0.15) is 4.98 Å². The van der Waals surface area contributed by atoms with Crippen LogP contribution in [0.2, 0.25) is 0 Å². The fraction of sp³-hybridized carbons (Fsp3) is 0.429. The molecule has 1 N–H and O–H groups in total. The number of aryl methyl sites for hydroxylation is 2. The molecule has 29 heavy (non-hydrogen) atoms. The van der Waals surface area contributed by atoms with Crippen molar-refractivity contribution >= 4 is 17.2 Å². The molecule has 2 heterocycles. The molecule has 8 heteroatoms. The van der Waals surface area contributed by atoms with Crippen LogP contribution in [0.1, 0.15) is 61.2 Å². The summed E-state index contributed by atoms with van der Waals surface area (Å²) in [6.45, 7) is 10.2. The highest BCUT2D eigenvalue weighted by Gasteiger charge is 2.30. The van der Waals surface area contributed by atoms with Crippen LogP contribution in [0.5, 0.6) is 5.75 Å². The van der Waals surface area contributed by atoms with Gasteiger partial charge in [-0.1, -0.05) is 12.1 Å². The topological polar surface area (TPSA) is 90.1 Å². The lowest BCUT2D eigenvalue weighted by Crippen LogP contribution is -2.41. The molecule has 0 radical (unpaired) electrons. The molecule has 154 valence electrons. The van der Waals surface area contributed by atoms with Crippen LogP contribution >= 0.6 is 11.3 Å². The molecule has 0 bridgehead atoms. The molecule has 0 atom stereocenters. The summed E-state index contributed by atoms with van der Waals surface area (Å²) in [5.41, 5.74) is 0.872. The smallest absolute Gasteiger partial charge is 0.264 e. The summed E-state index contributed by atoms with van der Waals surface area (Å²) in [7, 11) is 0. The standard InChI is InChI=1S/C21H26N4O3S/c1-6-8-16-23-20(25-28-16)21(4,5)24-18(26)17-13(3)22-19(29-17)14-9-11-15(12-10-14)27-7-2/h9-12H,6-8H2,1-5H3,(H,24,26). The molecule has 3 rings (SSSR count). The van der Waals surface area contributed by atoms with Crippen LogP contribution in [0.25, 0.3) is 10.6 Å². The van der Waals surface area contributed by atoms with Crippen molar-refractivity contribution in [2.45, 2.75) is 53.0 Å². The second kappa shape index (κ2) is 8.73. The Balaban J connectivity index is 1.77. The van der Waals surface area contributed by atoms with E-state index in [1.807, 2.05) is 58.9 Å². The van der Waals surface area contributed by atoms with E-state index >= 15 is 0 Å². The number of nitrogens with one attached hydrogen (secondary N) is 1. The number of hydrogen-bond donors (Lipinski definition) is 1. The maximum Gasteiger partial charge on any atom is 0.264 e. The van der Waals surface area contributed by atoms with Gasteiger partial charge in [0.2, 0.25) is 5.89 Å². The molecule has 0 aliphatic carbocycles. The quantitative estimate of drug-likeness (QED) is 0.583. The molecular formula is C21H26N4O3S. The largest absolute Gasteiger partial charge is 0.494 e. The first-order chi connectivity index (χ1) is 13.8. The number of thiazole rings is 1. The fourth-order valence-corrected chi connectivity index (χ4v) is 3.78. The zero-order valence-corrected chi connectivity index (χ0v) is 18.2. The van der Waals surface area contributed by atoms with Crippen molar-refractivity contribution in [3.05, 3.63) is 46.6 Å². The fourth-order valence-electron chi connectivity index (χ4n) is 2.81. The Morgan fingerprint density at radius 2 is 1.93 bits per heavy atom. The lowest BCUT2D eigenvalue weighted by molar-refractivity contribution is 0.0911. The molecule has 0 fully saturated rings. The van der Waals surface area contributed by atoms with Gasteiger partial charge < -0.3 is 14.6 Å². The monoisotopic (exact) mass is 414 g/mol. The third kappa shape index (κ3) is 4.82. The van der Waals surface area contributed by atoms with E-state index in [4.69, 9.17) is 9.26 Å². The SMILES string of the molecule is CCCc1nc(C(C)(C)NC(=O)c2sc(-c3ccc(OCC)cc3)nc2C)no1.